The number of fused-ring (bicyclic) bond motifs is 1. The van der Waals surface area contributed by atoms with E-state index in [1.807, 2.05) is 12.1 Å². The van der Waals surface area contributed by atoms with E-state index in [2.05, 4.69) is 29.7 Å². The highest BCUT2D eigenvalue weighted by atomic mass is 16.3. The van der Waals surface area contributed by atoms with Gasteiger partial charge in [-0.3, -0.25) is 9.80 Å². The van der Waals surface area contributed by atoms with Crippen LogP contribution < -0.4 is 0 Å². The molecular weight excluding hydrogens is 248 g/mol. The summed E-state index contributed by atoms with van der Waals surface area (Å²) in [6.45, 7) is 9.14. The Hall–Kier alpha value is -1.06. The van der Waals surface area contributed by atoms with Gasteiger partial charge in [0, 0.05) is 30.7 Å². The summed E-state index contributed by atoms with van der Waals surface area (Å²) in [5.41, 5.74) is 2.30. The minimum absolute atomic E-state index is 0.301. The van der Waals surface area contributed by atoms with Gasteiger partial charge < -0.3 is 5.11 Å². The number of aryl methyl sites for hydroxylation is 1. The van der Waals surface area contributed by atoms with Crippen LogP contribution in [-0.2, 0) is 0 Å². The number of aromatic hydroxyl groups is 1. The van der Waals surface area contributed by atoms with Crippen LogP contribution in [0.3, 0.4) is 0 Å². The molecule has 0 radical (unpaired) electrons. The van der Waals surface area contributed by atoms with Crippen LogP contribution in [0.2, 0.25) is 0 Å². The smallest absolute Gasteiger partial charge is 0.120 e. The SMILES string of the molecule is Cc1ccc(O)c(C(C)N2CCCN3CCCC3C2)c1. The third-order valence-corrected chi connectivity index (χ3v) is 5.02. The van der Waals surface area contributed by atoms with Crippen molar-refractivity contribution in [3.8, 4) is 5.75 Å². The zero-order chi connectivity index (χ0) is 14.1. The lowest BCUT2D eigenvalue weighted by molar-refractivity contribution is 0.180. The molecule has 2 saturated heterocycles. The van der Waals surface area contributed by atoms with Gasteiger partial charge in [0.25, 0.3) is 0 Å². The van der Waals surface area contributed by atoms with E-state index in [4.69, 9.17) is 0 Å². The molecular formula is C17H26N2O. The molecule has 0 bridgehead atoms. The van der Waals surface area contributed by atoms with E-state index in [1.54, 1.807) is 0 Å². The lowest BCUT2D eigenvalue weighted by Gasteiger charge is -2.31. The molecule has 0 aliphatic carbocycles. The number of benzene rings is 1. The van der Waals surface area contributed by atoms with Crippen LogP contribution in [0, 0.1) is 6.92 Å². The highest BCUT2D eigenvalue weighted by molar-refractivity contribution is 5.37. The van der Waals surface area contributed by atoms with Crippen molar-refractivity contribution in [2.75, 3.05) is 26.2 Å². The normalized spacial score (nSPS) is 26.2. The maximum absolute atomic E-state index is 10.2. The van der Waals surface area contributed by atoms with Gasteiger partial charge in [0.1, 0.15) is 5.75 Å². The molecule has 0 saturated carbocycles. The summed E-state index contributed by atoms with van der Waals surface area (Å²) in [5, 5.41) is 10.2. The van der Waals surface area contributed by atoms with E-state index in [-0.39, 0.29) is 0 Å². The molecule has 1 aromatic carbocycles. The first-order valence-corrected chi connectivity index (χ1v) is 7.93. The molecule has 1 N–H and O–H groups in total. The first kappa shape index (κ1) is 13.9. The second-order valence-corrected chi connectivity index (χ2v) is 6.42. The minimum Gasteiger partial charge on any atom is -0.508 e. The molecule has 0 aromatic heterocycles. The van der Waals surface area contributed by atoms with E-state index < -0.39 is 0 Å². The molecule has 2 fully saturated rings. The lowest BCUT2D eigenvalue weighted by Crippen LogP contribution is -2.37. The van der Waals surface area contributed by atoms with Crippen LogP contribution >= 0.6 is 0 Å². The van der Waals surface area contributed by atoms with E-state index in [9.17, 15) is 5.11 Å². The number of hydrogen-bond acceptors (Lipinski definition) is 3. The van der Waals surface area contributed by atoms with Crippen LogP contribution in [0.5, 0.6) is 5.75 Å². The predicted molar refractivity (Wildman–Crippen MR) is 82.0 cm³/mol. The van der Waals surface area contributed by atoms with Crippen molar-refractivity contribution in [3.63, 3.8) is 0 Å². The second kappa shape index (κ2) is 5.74. The monoisotopic (exact) mass is 274 g/mol. The first-order chi connectivity index (χ1) is 9.65. The first-order valence-electron chi connectivity index (χ1n) is 7.93. The number of phenolic OH excluding ortho intramolecular Hbond substituents is 1. The zero-order valence-electron chi connectivity index (χ0n) is 12.7. The van der Waals surface area contributed by atoms with Gasteiger partial charge in [-0.2, -0.15) is 0 Å². The van der Waals surface area contributed by atoms with Crippen molar-refractivity contribution in [1.82, 2.24) is 9.80 Å². The van der Waals surface area contributed by atoms with Crippen molar-refractivity contribution in [1.29, 1.82) is 0 Å². The van der Waals surface area contributed by atoms with Gasteiger partial charge in [-0.05, 0) is 52.3 Å². The van der Waals surface area contributed by atoms with Crippen molar-refractivity contribution >= 4 is 0 Å². The third-order valence-electron chi connectivity index (χ3n) is 5.02. The maximum Gasteiger partial charge on any atom is 0.120 e. The average Bonchev–Trinajstić information content (AvgIpc) is 2.78. The van der Waals surface area contributed by atoms with Gasteiger partial charge in [-0.15, -0.1) is 0 Å². The molecule has 1 aromatic rings. The van der Waals surface area contributed by atoms with Crippen molar-refractivity contribution < 1.29 is 5.11 Å². The molecule has 3 nitrogen and oxygen atoms in total. The van der Waals surface area contributed by atoms with Crippen LogP contribution in [0.1, 0.15) is 43.4 Å². The fraction of sp³-hybridized carbons (Fsp3) is 0.647. The number of hydrogen-bond donors (Lipinski definition) is 1. The van der Waals surface area contributed by atoms with E-state index in [0.717, 1.165) is 24.7 Å². The molecule has 3 heteroatoms. The van der Waals surface area contributed by atoms with Crippen LogP contribution in [0.4, 0.5) is 0 Å². The molecule has 110 valence electrons. The van der Waals surface area contributed by atoms with Gasteiger partial charge >= 0.3 is 0 Å². The molecule has 2 heterocycles. The summed E-state index contributed by atoms with van der Waals surface area (Å²) in [6.07, 6.45) is 3.93. The average molecular weight is 274 g/mol. The molecule has 2 aliphatic rings. The van der Waals surface area contributed by atoms with Crippen LogP contribution in [-0.4, -0.2) is 47.1 Å². The number of phenols is 1. The van der Waals surface area contributed by atoms with Crippen molar-refractivity contribution in [3.05, 3.63) is 29.3 Å². The summed E-state index contributed by atoms with van der Waals surface area (Å²) in [5.74, 6) is 0.440. The van der Waals surface area contributed by atoms with Gasteiger partial charge in [0.05, 0.1) is 0 Å². The Morgan fingerprint density at radius 3 is 2.85 bits per heavy atom. The Bertz CT molecular complexity index is 474. The van der Waals surface area contributed by atoms with E-state index in [0.29, 0.717) is 11.8 Å². The molecule has 2 atom stereocenters. The van der Waals surface area contributed by atoms with Crippen LogP contribution in [0.25, 0.3) is 0 Å². The van der Waals surface area contributed by atoms with Crippen LogP contribution in [0.15, 0.2) is 18.2 Å². The third kappa shape index (κ3) is 2.70. The summed E-state index contributed by atoms with van der Waals surface area (Å²) in [6, 6.07) is 6.98. The Morgan fingerprint density at radius 1 is 1.20 bits per heavy atom. The molecule has 2 unspecified atom stereocenters. The Labute approximate surface area is 122 Å². The van der Waals surface area contributed by atoms with Crippen molar-refractivity contribution in [2.45, 2.75) is 45.2 Å². The zero-order valence-corrected chi connectivity index (χ0v) is 12.7. The minimum atomic E-state index is 0.301. The second-order valence-electron chi connectivity index (χ2n) is 6.42. The fourth-order valence-electron chi connectivity index (χ4n) is 3.79. The lowest BCUT2D eigenvalue weighted by atomic mass is 10.0. The van der Waals surface area contributed by atoms with Gasteiger partial charge in [0.2, 0.25) is 0 Å². The van der Waals surface area contributed by atoms with Crippen molar-refractivity contribution in [2.24, 2.45) is 0 Å². The van der Waals surface area contributed by atoms with Gasteiger partial charge in [-0.1, -0.05) is 17.7 Å². The topological polar surface area (TPSA) is 26.7 Å². The quantitative estimate of drug-likeness (QED) is 0.898. The number of rotatable bonds is 2. The summed E-state index contributed by atoms with van der Waals surface area (Å²) in [7, 11) is 0. The Kier molecular flexibility index (Phi) is 3.99. The van der Waals surface area contributed by atoms with E-state index in [1.165, 1.54) is 37.9 Å². The number of nitrogens with zero attached hydrogens (tertiary/aromatic N) is 2. The Balaban J connectivity index is 1.78. The van der Waals surface area contributed by atoms with Gasteiger partial charge in [-0.25, -0.2) is 0 Å². The molecule has 3 rings (SSSR count). The fourth-order valence-corrected chi connectivity index (χ4v) is 3.79. The highest BCUT2D eigenvalue weighted by Crippen LogP contribution is 2.32. The van der Waals surface area contributed by atoms with Gasteiger partial charge in [0.15, 0.2) is 0 Å². The molecule has 20 heavy (non-hydrogen) atoms. The molecule has 2 aliphatic heterocycles. The summed E-state index contributed by atoms with van der Waals surface area (Å²) in [4.78, 5) is 5.22. The predicted octanol–water partition coefficient (Wildman–Crippen LogP) is 2.93. The van der Waals surface area contributed by atoms with E-state index >= 15 is 0 Å². The standard InChI is InChI=1S/C17H26N2O/c1-13-6-7-17(20)16(11-13)14(2)19-10-4-9-18-8-3-5-15(18)12-19/h6-7,11,14-15,20H,3-5,8-10,12H2,1-2H3. The molecule has 0 spiro atoms. The largest absolute Gasteiger partial charge is 0.508 e. The maximum atomic E-state index is 10.2. The summed E-state index contributed by atoms with van der Waals surface area (Å²) < 4.78 is 0. The Morgan fingerprint density at radius 2 is 2.00 bits per heavy atom. The highest BCUT2D eigenvalue weighted by Gasteiger charge is 2.31. The molecule has 0 amide bonds. The summed E-state index contributed by atoms with van der Waals surface area (Å²) >= 11 is 0.